The maximum absolute atomic E-state index is 13.9. The number of anilines is 2. The van der Waals surface area contributed by atoms with E-state index < -0.39 is 11.8 Å². The Morgan fingerprint density at radius 3 is 2.46 bits per heavy atom. The van der Waals surface area contributed by atoms with E-state index in [1.807, 2.05) is 30.3 Å². The Hall–Kier alpha value is -5.28. The summed E-state index contributed by atoms with van der Waals surface area (Å²) in [6, 6.07) is 21.9. The lowest BCUT2D eigenvalue weighted by molar-refractivity contribution is 0.610. The Morgan fingerprint density at radius 2 is 1.78 bits per heavy atom. The van der Waals surface area contributed by atoms with Gasteiger partial charge in [-0.3, -0.25) is 4.98 Å². The highest BCUT2D eigenvalue weighted by molar-refractivity contribution is 5.99. The van der Waals surface area contributed by atoms with Crippen molar-refractivity contribution in [2.24, 2.45) is 0 Å². The van der Waals surface area contributed by atoms with E-state index in [0.29, 0.717) is 39.1 Å². The summed E-state index contributed by atoms with van der Waals surface area (Å²) in [6.07, 6.45) is 5.96. The number of aromatic nitrogens is 4. The predicted molar refractivity (Wildman–Crippen MR) is 154 cm³/mol. The second-order valence-electron chi connectivity index (χ2n) is 10.0. The average molecular weight is 544 g/mol. The summed E-state index contributed by atoms with van der Waals surface area (Å²) in [7, 11) is 0. The van der Waals surface area contributed by atoms with Crippen molar-refractivity contribution in [2.75, 3.05) is 10.6 Å². The molecule has 0 saturated heterocycles. The highest BCUT2D eigenvalue weighted by Crippen LogP contribution is 2.37. The third-order valence-corrected chi connectivity index (χ3v) is 7.23. The van der Waals surface area contributed by atoms with Crippen LogP contribution < -0.4 is 10.6 Å². The van der Waals surface area contributed by atoms with Gasteiger partial charge in [0, 0.05) is 17.3 Å². The molecule has 0 bridgehead atoms. The fourth-order valence-electron chi connectivity index (χ4n) is 4.94. The minimum absolute atomic E-state index is 0.0991. The number of nitrogens with zero attached hydrogens (tertiary/aromatic N) is 6. The first-order valence-electron chi connectivity index (χ1n) is 14.0. The summed E-state index contributed by atoms with van der Waals surface area (Å²) in [6.45, 7) is 2.06. The van der Waals surface area contributed by atoms with E-state index in [1.165, 1.54) is 30.5 Å². The summed E-state index contributed by atoms with van der Waals surface area (Å²) < 4.78 is 25.2. The number of pyridine rings is 1. The molecule has 2 N–H and O–H groups in total. The number of nitriles is 2. The minimum Gasteiger partial charge on any atom is -0.377 e. The maximum atomic E-state index is 13.9. The zero-order chi connectivity index (χ0) is 29.3. The van der Waals surface area contributed by atoms with Gasteiger partial charge in [-0.05, 0) is 54.7 Å². The number of fused-ring (bicyclic) bond motifs is 1. The number of hydrogen-bond donors (Lipinski definition) is 2. The number of nitrogens with one attached hydrogen (secondary N) is 2. The van der Waals surface area contributed by atoms with Crippen LogP contribution in [-0.4, -0.2) is 20.0 Å². The van der Waals surface area contributed by atoms with E-state index in [4.69, 9.17) is 0 Å². The Balaban J connectivity index is 1.49. The SMILES string of the molecule is [2H][C@](Nc1cc(C#N)c2ncc(C#N)c(N[C@H](CC)c3ccccc3)c2c1)(c1ccc(F)cc1)c1cn(C2CC2)nn1. The molecule has 6 rings (SSSR count). The van der Waals surface area contributed by atoms with Gasteiger partial charge in [-0.25, -0.2) is 9.07 Å². The first-order chi connectivity index (χ1) is 20.4. The van der Waals surface area contributed by atoms with E-state index in [9.17, 15) is 16.3 Å². The molecule has 0 spiro atoms. The van der Waals surface area contributed by atoms with Crippen LogP contribution in [0, 0.1) is 28.5 Å². The normalized spacial score (nSPS) is 15.3. The summed E-state index contributed by atoms with van der Waals surface area (Å²) >= 11 is 0. The van der Waals surface area contributed by atoms with Crippen molar-refractivity contribution in [3.63, 3.8) is 0 Å². The lowest BCUT2D eigenvalue weighted by Gasteiger charge is -2.22. The first kappa shape index (κ1) is 24.7. The summed E-state index contributed by atoms with van der Waals surface area (Å²) in [4.78, 5) is 4.46. The standard InChI is InChI=1S/C32H27FN8/c1-2-28(20-6-4-3-5-7-20)38-31-23(17-35)18-36-30-22(16-34)14-25(15-27(30)31)37-32(21-8-10-24(33)11-9-21)29-19-41(40-39-29)26-12-13-26/h3-11,14-15,18-19,26,28,32,37H,2,12-13H2,1H3,(H,36,38)/t28-,32+/m1/s1/i32D. The third kappa shape index (κ3) is 5.30. The largest absolute Gasteiger partial charge is 0.377 e. The van der Waals surface area contributed by atoms with Gasteiger partial charge in [0.1, 0.15) is 23.6 Å². The molecular weight excluding hydrogens is 515 g/mol. The Morgan fingerprint density at radius 1 is 1.02 bits per heavy atom. The number of benzene rings is 3. The average Bonchev–Trinajstić information content (AvgIpc) is 3.75. The van der Waals surface area contributed by atoms with Crippen molar-refractivity contribution in [2.45, 2.75) is 44.3 Å². The molecule has 1 aliphatic carbocycles. The fraction of sp³-hybridized carbons (Fsp3) is 0.219. The van der Waals surface area contributed by atoms with Crippen LogP contribution in [0.15, 0.2) is 79.1 Å². The number of halogens is 1. The van der Waals surface area contributed by atoms with E-state index in [1.54, 1.807) is 23.0 Å². The zero-order valence-electron chi connectivity index (χ0n) is 23.3. The zero-order valence-corrected chi connectivity index (χ0v) is 22.3. The molecule has 0 radical (unpaired) electrons. The maximum Gasteiger partial charge on any atom is 0.123 e. The molecule has 202 valence electrons. The van der Waals surface area contributed by atoms with Gasteiger partial charge in [0.2, 0.25) is 0 Å². The van der Waals surface area contributed by atoms with Gasteiger partial charge in [0.25, 0.3) is 0 Å². The van der Waals surface area contributed by atoms with Gasteiger partial charge in [0.05, 0.1) is 48.0 Å². The van der Waals surface area contributed by atoms with Crippen molar-refractivity contribution in [3.8, 4) is 12.1 Å². The van der Waals surface area contributed by atoms with Crippen LogP contribution in [0.5, 0.6) is 0 Å². The van der Waals surface area contributed by atoms with Crippen molar-refractivity contribution in [1.82, 2.24) is 20.0 Å². The lowest BCUT2D eigenvalue weighted by Crippen LogP contribution is -2.14. The third-order valence-electron chi connectivity index (χ3n) is 7.23. The molecule has 8 nitrogen and oxygen atoms in total. The molecular formula is C32H27FN8. The van der Waals surface area contributed by atoms with E-state index >= 15 is 0 Å². The molecule has 2 aromatic heterocycles. The molecule has 0 unspecified atom stereocenters. The van der Waals surface area contributed by atoms with Gasteiger partial charge in [-0.2, -0.15) is 10.5 Å². The van der Waals surface area contributed by atoms with Crippen LogP contribution >= 0.6 is 0 Å². The van der Waals surface area contributed by atoms with Crippen molar-refractivity contribution >= 4 is 22.3 Å². The van der Waals surface area contributed by atoms with Crippen LogP contribution in [-0.2, 0) is 0 Å². The Labute approximate surface area is 238 Å². The molecule has 2 atom stereocenters. The van der Waals surface area contributed by atoms with Crippen molar-refractivity contribution in [1.29, 1.82) is 10.5 Å². The monoisotopic (exact) mass is 543 g/mol. The second kappa shape index (κ2) is 11.1. The second-order valence-corrected chi connectivity index (χ2v) is 10.0. The van der Waals surface area contributed by atoms with Crippen LogP contribution in [0.2, 0.25) is 0 Å². The summed E-state index contributed by atoms with van der Waals surface area (Å²) in [5.41, 5.74) is 3.87. The van der Waals surface area contributed by atoms with Crippen LogP contribution in [0.3, 0.4) is 0 Å². The summed E-state index contributed by atoms with van der Waals surface area (Å²) in [5, 5.41) is 36.0. The Bertz CT molecular complexity index is 1840. The minimum atomic E-state index is -1.66. The molecule has 3 aromatic carbocycles. The van der Waals surface area contributed by atoms with Crippen LogP contribution in [0.4, 0.5) is 15.8 Å². The first-order valence-corrected chi connectivity index (χ1v) is 13.5. The quantitative estimate of drug-likeness (QED) is 0.210. The van der Waals surface area contributed by atoms with Crippen molar-refractivity contribution < 1.29 is 5.76 Å². The fourth-order valence-corrected chi connectivity index (χ4v) is 4.94. The van der Waals surface area contributed by atoms with Gasteiger partial charge in [-0.1, -0.05) is 54.6 Å². The van der Waals surface area contributed by atoms with Gasteiger partial charge >= 0.3 is 0 Å². The van der Waals surface area contributed by atoms with Gasteiger partial charge in [-0.15, -0.1) is 5.10 Å². The van der Waals surface area contributed by atoms with E-state index in [-0.39, 0.29) is 17.6 Å². The highest BCUT2D eigenvalue weighted by Gasteiger charge is 2.27. The predicted octanol–water partition coefficient (Wildman–Crippen LogP) is 6.81. The van der Waals surface area contributed by atoms with Gasteiger partial charge in [0.15, 0.2) is 0 Å². The summed E-state index contributed by atoms with van der Waals surface area (Å²) in [5.74, 6) is -0.421. The molecule has 0 aliphatic heterocycles. The van der Waals surface area contributed by atoms with Crippen LogP contribution in [0.25, 0.3) is 10.9 Å². The van der Waals surface area contributed by atoms with Crippen molar-refractivity contribution in [3.05, 3.63) is 113 Å². The highest BCUT2D eigenvalue weighted by atomic mass is 19.1. The molecule has 1 saturated carbocycles. The number of hydrogen-bond acceptors (Lipinski definition) is 7. The van der Waals surface area contributed by atoms with Crippen LogP contribution in [0.1, 0.15) is 73.6 Å². The molecule has 9 heteroatoms. The van der Waals surface area contributed by atoms with E-state index in [0.717, 1.165) is 24.8 Å². The molecule has 41 heavy (non-hydrogen) atoms. The molecule has 1 fully saturated rings. The van der Waals surface area contributed by atoms with E-state index in [2.05, 4.69) is 45.0 Å². The Kier molecular flexibility index (Phi) is 6.68. The molecule has 2 heterocycles. The molecule has 1 aliphatic rings. The molecule has 5 aromatic rings. The number of rotatable bonds is 9. The lowest BCUT2D eigenvalue weighted by atomic mass is 10.00. The topological polar surface area (TPSA) is 115 Å². The smallest absolute Gasteiger partial charge is 0.123 e. The van der Waals surface area contributed by atoms with Gasteiger partial charge < -0.3 is 10.6 Å². The molecule has 0 amide bonds.